The molecule has 0 radical (unpaired) electrons. The second kappa shape index (κ2) is 4.10. The van der Waals surface area contributed by atoms with E-state index >= 15 is 0 Å². The molecule has 0 aliphatic carbocycles. The fraction of sp³-hybridized carbons (Fsp3) is 0.273. The Morgan fingerprint density at radius 1 is 1.22 bits per heavy atom. The molecule has 1 amide bonds. The van der Waals surface area contributed by atoms with Crippen molar-refractivity contribution in [3.63, 3.8) is 0 Å². The minimum atomic E-state index is -0.142. The lowest BCUT2D eigenvalue weighted by Gasteiger charge is -2.27. The molecule has 0 aromatic carbocycles. The van der Waals surface area contributed by atoms with Crippen LogP contribution < -0.4 is 5.73 Å². The summed E-state index contributed by atoms with van der Waals surface area (Å²) in [5, 5.41) is 0. The van der Waals surface area contributed by atoms with Crippen molar-refractivity contribution >= 4 is 11.7 Å². The van der Waals surface area contributed by atoms with Gasteiger partial charge in [-0.15, -0.1) is 0 Å². The van der Waals surface area contributed by atoms with Crippen molar-refractivity contribution < 1.29 is 4.79 Å². The number of imidazole rings is 1. The summed E-state index contributed by atoms with van der Waals surface area (Å²) in [7, 11) is 0. The lowest BCUT2D eigenvalue weighted by molar-refractivity contribution is 0.0701. The smallest absolute Gasteiger partial charge is 0.274 e. The Morgan fingerprint density at radius 2 is 2.11 bits per heavy atom. The van der Waals surface area contributed by atoms with Gasteiger partial charge in [-0.2, -0.15) is 0 Å². The summed E-state index contributed by atoms with van der Waals surface area (Å²) in [6.45, 7) is 1.90. The molecule has 0 saturated heterocycles. The Bertz CT molecular complexity index is 575. The Morgan fingerprint density at radius 3 is 2.89 bits per heavy atom. The van der Waals surface area contributed by atoms with Crippen molar-refractivity contribution in [1.82, 2.24) is 24.4 Å². The number of carbonyl (C=O) groups excluding carboxylic acids is 1. The molecule has 3 heterocycles. The van der Waals surface area contributed by atoms with Crippen LogP contribution in [0, 0.1) is 0 Å². The molecule has 2 N–H and O–H groups in total. The van der Waals surface area contributed by atoms with Gasteiger partial charge in [-0.1, -0.05) is 0 Å². The summed E-state index contributed by atoms with van der Waals surface area (Å²) in [6, 6.07) is 0. The van der Waals surface area contributed by atoms with E-state index in [4.69, 9.17) is 5.73 Å². The molecule has 0 unspecified atom stereocenters. The number of rotatable bonds is 1. The summed E-state index contributed by atoms with van der Waals surface area (Å²) in [5.41, 5.74) is 5.75. The highest BCUT2D eigenvalue weighted by Gasteiger charge is 2.23. The van der Waals surface area contributed by atoms with E-state index in [2.05, 4.69) is 15.0 Å². The second-order valence-electron chi connectivity index (χ2n) is 4.09. The maximum atomic E-state index is 12.2. The predicted octanol–water partition coefficient (Wildman–Crippen LogP) is -0.0887. The zero-order valence-electron chi connectivity index (χ0n) is 9.65. The van der Waals surface area contributed by atoms with Crippen LogP contribution in [0.15, 0.2) is 24.8 Å². The maximum absolute atomic E-state index is 12.2. The van der Waals surface area contributed by atoms with Gasteiger partial charge in [-0.05, 0) is 0 Å². The number of aromatic nitrogens is 4. The number of hydrogen-bond acceptors (Lipinski definition) is 5. The molecule has 1 aliphatic heterocycles. The van der Waals surface area contributed by atoms with Crippen molar-refractivity contribution in [2.45, 2.75) is 13.1 Å². The summed E-state index contributed by atoms with van der Waals surface area (Å²) < 4.78 is 2.04. The van der Waals surface area contributed by atoms with Crippen LogP contribution in [0.25, 0.3) is 0 Å². The number of anilines is 1. The number of amides is 1. The van der Waals surface area contributed by atoms with Crippen LogP contribution in [0.1, 0.15) is 16.3 Å². The molecule has 0 atom stereocenters. The van der Waals surface area contributed by atoms with Crippen LogP contribution in [-0.4, -0.2) is 36.9 Å². The van der Waals surface area contributed by atoms with E-state index in [1.54, 1.807) is 11.1 Å². The summed E-state index contributed by atoms with van der Waals surface area (Å²) in [6.07, 6.45) is 6.45. The second-order valence-corrected chi connectivity index (χ2v) is 4.09. The predicted molar refractivity (Wildman–Crippen MR) is 63.4 cm³/mol. The van der Waals surface area contributed by atoms with Crippen molar-refractivity contribution in [1.29, 1.82) is 0 Å². The number of carbonyl (C=O) groups is 1. The van der Waals surface area contributed by atoms with Crippen LogP contribution in [0.3, 0.4) is 0 Å². The van der Waals surface area contributed by atoms with E-state index < -0.39 is 0 Å². The lowest BCUT2D eigenvalue weighted by atomic mass is 10.3. The number of nitrogens with zero attached hydrogens (tertiary/aromatic N) is 5. The molecule has 0 bridgehead atoms. The van der Waals surface area contributed by atoms with Gasteiger partial charge in [0.05, 0.1) is 18.9 Å². The maximum Gasteiger partial charge on any atom is 0.274 e. The minimum Gasteiger partial charge on any atom is -0.382 e. The van der Waals surface area contributed by atoms with Gasteiger partial charge in [0.15, 0.2) is 0 Å². The molecular weight excluding hydrogens is 232 g/mol. The molecular formula is C11H12N6O. The van der Waals surface area contributed by atoms with Crippen LogP contribution in [0.2, 0.25) is 0 Å². The molecule has 1 aliphatic rings. The highest BCUT2D eigenvalue weighted by Crippen LogP contribution is 2.12. The molecule has 0 saturated carbocycles. The average Bonchev–Trinajstić information content (AvgIpc) is 2.86. The van der Waals surface area contributed by atoms with Gasteiger partial charge in [0.25, 0.3) is 5.91 Å². The molecule has 7 heteroatoms. The monoisotopic (exact) mass is 244 g/mol. The van der Waals surface area contributed by atoms with E-state index in [0.29, 0.717) is 24.6 Å². The molecule has 3 rings (SSSR count). The first-order valence-electron chi connectivity index (χ1n) is 5.61. The zero-order valence-corrected chi connectivity index (χ0v) is 9.65. The van der Waals surface area contributed by atoms with Crippen molar-refractivity contribution in [3.8, 4) is 0 Å². The van der Waals surface area contributed by atoms with E-state index in [-0.39, 0.29) is 5.91 Å². The number of nitrogens with two attached hydrogens (primary N) is 1. The molecule has 2 aromatic rings. The van der Waals surface area contributed by atoms with Gasteiger partial charge < -0.3 is 15.2 Å². The van der Waals surface area contributed by atoms with Crippen LogP contribution in [0.4, 0.5) is 5.82 Å². The van der Waals surface area contributed by atoms with Gasteiger partial charge in [-0.25, -0.2) is 15.0 Å². The molecule has 18 heavy (non-hydrogen) atoms. The Kier molecular flexibility index (Phi) is 2.44. The molecule has 7 nitrogen and oxygen atoms in total. The summed E-state index contributed by atoms with van der Waals surface area (Å²) in [4.78, 5) is 26.0. The zero-order chi connectivity index (χ0) is 12.5. The lowest BCUT2D eigenvalue weighted by Crippen LogP contribution is -2.38. The highest BCUT2D eigenvalue weighted by molar-refractivity contribution is 5.92. The largest absolute Gasteiger partial charge is 0.382 e. The standard InChI is InChI=1S/C11H12N6O/c12-9-6-14-8(5-15-9)11(18)17-4-3-16-2-1-13-10(16)7-17/h1-2,5-6H,3-4,7H2,(H2,12,15). The topological polar surface area (TPSA) is 89.9 Å². The molecule has 2 aromatic heterocycles. The Labute approximate surface area is 103 Å². The van der Waals surface area contributed by atoms with Crippen LogP contribution in [-0.2, 0) is 13.1 Å². The Hall–Kier alpha value is -2.44. The third kappa shape index (κ3) is 1.79. The number of hydrogen-bond donors (Lipinski definition) is 1. The van der Waals surface area contributed by atoms with Crippen LogP contribution in [0.5, 0.6) is 0 Å². The normalized spacial score (nSPS) is 14.3. The molecule has 0 spiro atoms. The highest BCUT2D eigenvalue weighted by atomic mass is 16.2. The number of nitrogen functional groups attached to an aromatic ring is 1. The quantitative estimate of drug-likeness (QED) is 0.757. The van der Waals surface area contributed by atoms with E-state index in [1.165, 1.54) is 12.4 Å². The van der Waals surface area contributed by atoms with Crippen molar-refractivity contribution in [2.75, 3.05) is 12.3 Å². The number of fused-ring (bicyclic) bond motifs is 1. The third-order valence-corrected chi connectivity index (χ3v) is 2.92. The van der Waals surface area contributed by atoms with Gasteiger partial charge in [0, 0.05) is 25.5 Å². The van der Waals surface area contributed by atoms with E-state index in [1.807, 2.05) is 10.8 Å². The van der Waals surface area contributed by atoms with Gasteiger partial charge in [-0.3, -0.25) is 4.79 Å². The van der Waals surface area contributed by atoms with Gasteiger partial charge >= 0.3 is 0 Å². The van der Waals surface area contributed by atoms with Crippen LogP contribution >= 0.6 is 0 Å². The fourth-order valence-electron chi connectivity index (χ4n) is 1.96. The Balaban J connectivity index is 1.80. The minimum absolute atomic E-state index is 0.142. The van der Waals surface area contributed by atoms with E-state index in [9.17, 15) is 4.79 Å². The first-order valence-corrected chi connectivity index (χ1v) is 5.61. The molecule has 0 fully saturated rings. The van der Waals surface area contributed by atoms with Crippen molar-refractivity contribution in [2.24, 2.45) is 0 Å². The third-order valence-electron chi connectivity index (χ3n) is 2.92. The van der Waals surface area contributed by atoms with Gasteiger partial charge in [0.2, 0.25) is 0 Å². The van der Waals surface area contributed by atoms with Gasteiger partial charge in [0.1, 0.15) is 17.3 Å². The summed E-state index contributed by atoms with van der Waals surface area (Å²) in [5.74, 6) is 1.05. The SMILES string of the molecule is Nc1cnc(C(=O)N2CCn3ccnc3C2)cn1. The first-order chi connectivity index (χ1) is 8.74. The summed E-state index contributed by atoms with van der Waals surface area (Å²) >= 11 is 0. The fourth-order valence-corrected chi connectivity index (χ4v) is 1.96. The molecule has 92 valence electrons. The van der Waals surface area contributed by atoms with E-state index in [0.717, 1.165) is 12.4 Å². The average molecular weight is 244 g/mol. The first kappa shape index (κ1) is 10.7. The van der Waals surface area contributed by atoms with Crippen molar-refractivity contribution in [3.05, 3.63) is 36.3 Å².